The molecule has 0 radical (unpaired) electrons. The third-order valence-corrected chi connectivity index (χ3v) is 6.67. The first kappa shape index (κ1) is 21.1. The number of hydrogen-bond donors (Lipinski definition) is 1. The van der Waals surface area contributed by atoms with Crippen LogP contribution in [0, 0.1) is 6.92 Å². The fourth-order valence-corrected chi connectivity index (χ4v) is 4.95. The van der Waals surface area contributed by atoms with Crippen molar-refractivity contribution < 1.29 is 0 Å². The number of anilines is 1. The number of H-pyrrole nitrogens is 1. The van der Waals surface area contributed by atoms with Crippen LogP contribution in [0.1, 0.15) is 29.2 Å². The molecular weight excluding hydrogens is 430 g/mol. The van der Waals surface area contributed by atoms with E-state index >= 15 is 0 Å². The Morgan fingerprint density at radius 3 is 2.17 bits per heavy atom. The summed E-state index contributed by atoms with van der Waals surface area (Å²) >= 11 is 0. The first-order chi connectivity index (χ1) is 17.2. The van der Waals surface area contributed by atoms with Crippen LogP contribution in [-0.2, 0) is 0 Å². The molecule has 1 N–H and O–H groups in total. The molecule has 2 heterocycles. The van der Waals surface area contributed by atoms with Gasteiger partial charge in [0.05, 0.1) is 23.0 Å². The minimum Gasteiger partial charge on any atom is -0.321 e. The van der Waals surface area contributed by atoms with Crippen LogP contribution in [0.2, 0.25) is 0 Å². The highest BCUT2D eigenvalue weighted by Crippen LogP contribution is 2.39. The third kappa shape index (κ3) is 3.83. The highest BCUT2D eigenvalue weighted by atomic mass is 16.1. The highest BCUT2D eigenvalue weighted by molar-refractivity contribution is 6.13. The first-order valence-electron chi connectivity index (χ1n) is 11.9. The summed E-state index contributed by atoms with van der Waals surface area (Å²) in [5.41, 5.74) is 7.50. The molecule has 0 aliphatic carbocycles. The van der Waals surface area contributed by atoms with Crippen LogP contribution >= 0.6 is 0 Å². The Morgan fingerprint density at radius 1 is 0.771 bits per heavy atom. The summed E-state index contributed by atoms with van der Waals surface area (Å²) in [6.45, 7) is 2.09. The number of aryl methyl sites for hydroxylation is 1. The number of hydrazone groups is 1. The van der Waals surface area contributed by atoms with Gasteiger partial charge in [0.25, 0.3) is 5.56 Å². The molecule has 6 rings (SSSR count). The van der Waals surface area contributed by atoms with Gasteiger partial charge in [-0.05, 0) is 36.2 Å². The number of aromatic amines is 1. The van der Waals surface area contributed by atoms with Gasteiger partial charge in [0.1, 0.15) is 0 Å². The quantitative estimate of drug-likeness (QED) is 0.322. The summed E-state index contributed by atoms with van der Waals surface area (Å²) in [6, 6.07) is 36.9. The molecule has 4 nitrogen and oxygen atoms in total. The van der Waals surface area contributed by atoms with Gasteiger partial charge in [-0.1, -0.05) is 96.6 Å². The Balaban J connectivity index is 1.57. The fraction of sp³-hybridized carbons (Fsp3) is 0.0968. The molecule has 5 aromatic rings. The van der Waals surface area contributed by atoms with Crippen molar-refractivity contribution >= 4 is 22.3 Å². The van der Waals surface area contributed by atoms with Gasteiger partial charge < -0.3 is 4.98 Å². The lowest BCUT2D eigenvalue weighted by atomic mass is 9.91. The summed E-state index contributed by atoms with van der Waals surface area (Å²) in [5, 5.41) is 8.17. The molecular formula is C31H25N3O. The second-order valence-electron chi connectivity index (χ2n) is 8.97. The smallest absolute Gasteiger partial charge is 0.258 e. The lowest BCUT2D eigenvalue weighted by Crippen LogP contribution is -2.20. The molecule has 35 heavy (non-hydrogen) atoms. The third-order valence-electron chi connectivity index (χ3n) is 6.67. The van der Waals surface area contributed by atoms with E-state index in [0.29, 0.717) is 12.0 Å². The summed E-state index contributed by atoms with van der Waals surface area (Å²) in [4.78, 5) is 16.7. The van der Waals surface area contributed by atoms with Gasteiger partial charge in [0.15, 0.2) is 0 Å². The molecule has 4 aromatic carbocycles. The molecule has 0 fully saturated rings. The summed E-state index contributed by atoms with van der Waals surface area (Å²) in [7, 11) is 0. The standard InChI is InChI=1S/C31H25N3O/c1-21-16-18-22(19-17-21)28-20-27(33-34(28)24-12-6-3-7-13-24)30-29(23-10-4-2-5-11-23)25-14-8-9-15-26(25)32-31(30)35/h2-19,28H,20H2,1H3,(H,32,35). The van der Waals surface area contributed by atoms with Gasteiger partial charge in [0, 0.05) is 22.9 Å². The maximum atomic E-state index is 13.6. The zero-order valence-corrected chi connectivity index (χ0v) is 19.5. The Bertz CT molecular complexity index is 1590. The van der Waals surface area contributed by atoms with E-state index in [1.807, 2.05) is 54.6 Å². The molecule has 1 aliphatic heterocycles. The predicted octanol–water partition coefficient (Wildman–Crippen LogP) is 6.86. The first-order valence-corrected chi connectivity index (χ1v) is 11.9. The van der Waals surface area contributed by atoms with Crippen LogP contribution in [-0.4, -0.2) is 10.7 Å². The molecule has 1 aliphatic rings. The van der Waals surface area contributed by atoms with Crippen molar-refractivity contribution in [3.8, 4) is 11.1 Å². The van der Waals surface area contributed by atoms with Crippen LogP contribution in [0.4, 0.5) is 5.69 Å². The number of rotatable bonds is 4. The van der Waals surface area contributed by atoms with Crippen molar-refractivity contribution in [2.45, 2.75) is 19.4 Å². The largest absolute Gasteiger partial charge is 0.321 e. The molecule has 1 atom stereocenters. The van der Waals surface area contributed by atoms with Gasteiger partial charge in [-0.25, -0.2) is 0 Å². The number of aromatic nitrogens is 1. The number of pyridine rings is 1. The van der Waals surface area contributed by atoms with Gasteiger partial charge in [-0.15, -0.1) is 0 Å². The lowest BCUT2D eigenvalue weighted by molar-refractivity contribution is 0.708. The summed E-state index contributed by atoms with van der Waals surface area (Å²) in [6.07, 6.45) is 0.638. The number of nitrogens with zero attached hydrogens (tertiary/aromatic N) is 2. The highest BCUT2D eigenvalue weighted by Gasteiger charge is 2.32. The average Bonchev–Trinajstić information content (AvgIpc) is 3.34. The van der Waals surface area contributed by atoms with Crippen molar-refractivity contribution in [2.24, 2.45) is 5.10 Å². The number of benzene rings is 4. The van der Waals surface area contributed by atoms with Gasteiger partial charge in [-0.2, -0.15) is 5.10 Å². The van der Waals surface area contributed by atoms with E-state index in [1.165, 1.54) is 11.1 Å². The molecule has 1 aromatic heterocycles. The zero-order chi connectivity index (χ0) is 23.8. The maximum absolute atomic E-state index is 13.6. The van der Waals surface area contributed by atoms with E-state index in [4.69, 9.17) is 5.10 Å². The van der Waals surface area contributed by atoms with E-state index in [2.05, 4.69) is 71.5 Å². The SMILES string of the molecule is Cc1ccc(C2CC(c3c(-c4ccccc4)c4ccccc4[nH]c3=O)=NN2c2ccccc2)cc1. The van der Waals surface area contributed by atoms with Gasteiger partial charge in [0.2, 0.25) is 0 Å². The fourth-order valence-electron chi connectivity index (χ4n) is 4.95. The molecule has 0 bridgehead atoms. The van der Waals surface area contributed by atoms with Gasteiger partial charge >= 0.3 is 0 Å². The van der Waals surface area contributed by atoms with Crippen molar-refractivity contribution in [1.82, 2.24) is 4.98 Å². The molecule has 170 valence electrons. The second-order valence-corrected chi connectivity index (χ2v) is 8.97. The van der Waals surface area contributed by atoms with Crippen LogP contribution in [0.3, 0.4) is 0 Å². The van der Waals surface area contributed by atoms with Crippen LogP contribution < -0.4 is 10.6 Å². The normalized spacial score (nSPS) is 15.4. The number of nitrogens with one attached hydrogen (secondary N) is 1. The molecule has 0 spiro atoms. The van der Waals surface area contributed by atoms with E-state index < -0.39 is 0 Å². The number of para-hydroxylation sites is 2. The predicted molar refractivity (Wildman–Crippen MR) is 144 cm³/mol. The summed E-state index contributed by atoms with van der Waals surface area (Å²) in [5.74, 6) is 0. The molecule has 0 saturated heterocycles. The Morgan fingerprint density at radius 2 is 1.43 bits per heavy atom. The minimum absolute atomic E-state index is 0.00231. The number of hydrogen-bond acceptors (Lipinski definition) is 3. The molecule has 1 unspecified atom stereocenters. The second kappa shape index (κ2) is 8.73. The number of fused-ring (bicyclic) bond motifs is 1. The Labute approximate surface area is 204 Å². The monoisotopic (exact) mass is 455 g/mol. The average molecular weight is 456 g/mol. The minimum atomic E-state index is -0.112. The summed E-state index contributed by atoms with van der Waals surface area (Å²) < 4.78 is 0. The maximum Gasteiger partial charge on any atom is 0.258 e. The zero-order valence-electron chi connectivity index (χ0n) is 19.5. The molecule has 4 heteroatoms. The van der Waals surface area contributed by atoms with E-state index in [9.17, 15) is 4.79 Å². The van der Waals surface area contributed by atoms with Crippen molar-refractivity contribution in [2.75, 3.05) is 5.01 Å². The Hall–Kier alpha value is -4.44. The van der Waals surface area contributed by atoms with Crippen molar-refractivity contribution in [3.05, 3.63) is 136 Å². The van der Waals surface area contributed by atoms with E-state index in [0.717, 1.165) is 33.4 Å². The molecule has 0 amide bonds. The topological polar surface area (TPSA) is 48.5 Å². The van der Waals surface area contributed by atoms with Crippen molar-refractivity contribution in [1.29, 1.82) is 0 Å². The van der Waals surface area contributed by atoms with Crippen LogP contribution in [0.25, 0.3) is 22.0 Å². The molecule has 0 saturated carbocycles. The lowest BCUT2D eigenvalue weighted by Gasteiger charge is -2.24. The van der Waals surface area contributed by atoms with E-state index in [-0.39, 0.29) is 11.6 Å². The van der Waals surface area contributed by atoms with Gasteiger partial charge in [-0.3, -0.25) is 9.80 Å². The van der Waals surface area contributed by atoms with Crippen molar-refractivity contribution in [3.63, 3.8) is 0 Å². The Kier molecular flexibility index (Phi) is 5.27. The van der Waals surface area contributed by atoms with Crippen LogP contribution in [0.15, 0.2) is 119 Å². The van der Waals surface area contributed by atoms with E-state index in [1.54, 1.807) is 0 Å². The van der Waals surface area contributed by atoms with Crippen LogP contribution in [0.5, 0.6) is 0 Å².